The standard InChI is InChI=1S/C22H21Cl2N3O2/c1-14-12-17(15(2)27(14)19-11-7-10-18(23)20(19)24)13-25-26-22(28)21(29-3)16-8-5-4-6-9-16/h4-13,21H,1-3H3,(H,26,28)/b25-13-/t21-/m1/s1. The Labute approximate surface area is 179 Å². The molecule has 0 bridgehead atoms. The number of aryl methyl sites for hydroxylation is 1. The third kappa shape index (κ3) is 4.53. The van der Waals surface area contributed by atoms with E-state index in [2.05, 4.69) is 10.5 Å². The largest absolute Gasteiger partial charge is 0.367 e. The molecule has 1 amide bonds. The highest BCUT2D eigenvalue weighted by atomic mass is 35.5. The normalized spacial score (nSPS) is 12.3. The van der Waals surface area contributed by atoms with Crippen molar-refractivity contribution in [2.24, 2.45) is 5.10 Å². The summed E-state index contributed by atoms with van der Waals surface area (Å²) in [6, 6.07) is 16.7. The van der Waals surface area contributed by atoms with Gasteiger partial charge in [-0.3, -0.25) is 4.79 Å². The van der Waals surface area contributed by atoms with Crippen molar-refractivity contribution in [2.45, 2.75) is 20.0 Å². The van der Waals surface area contributed by atoms with Gasteiger partial charge >= 0.3 is 0 Å². The first kappa shape index (κ1) is 21.1. The van der Waals surface area contributed by atoms with E-state index in [9.17, 15) is 4.79 Å². The second-order valence-electron chi connectivity index (χ2n) is 6.50. The summed E-state index contributed by atoms with van der Waals surface area (Å²) in [7, 11) is 1.49. The van der Waals surface area contributed by atoms with Crippen LogP contribution in [0.1, 0.15) is 28.6 Å². The number of hydrazone groups is 1. The van der Waals surface area contributed by atoms with Gasteiger partial charge in [-0.25, -0.2) is 5.43 Å². The van der Waals surface area contributed by atoms with E-state index in [4.69, 9.17) is 27.9 Å². The monoisotopic (exact) mass is 429 g/mol. The van der Waals surface area contributed by atoms with E-state index in [0.29, 0.717) is 10.0 Å². The number of carbonyl (C=O) groups excluding carboxylic acids is 1. The Morgan fingerprint density at radius 1 is 1.14 bits per heavy atom. The molecule has 2 aromatic carbocycles. The highest BCUT2D eigenvalue weighted by Gasteiger charge is 2.19. The number of aromatic nitrogens is 1. The van der Waals surface area contributed by atoms with Crippen molar-refractivity contribution < 1.29 is 9.53 Å². The molecule has 29 heavy (non-hydrogen) atoms. The van der Waals surface area contributed by atoms with Gasteiger partial charge in [-0.2, -0.15) is 5.10 Å². The van der Waals surface area contributed by atoms with Crippen molar-refractivity contribution in [3.05, 3.63) is 87.2 Å². The molecule has 0 fully saturated rings. The quantitative estimate of drug-likeness (QED) is 0.430. The summed E-state index contributed by atoms with van der Waals surface area (Å²) in [6.07, 6.45) is 0.874. The Balaban J connectivity index is 1.80. The molecule has 1 aromatic heterocycles. The Kier molecular flexibility index (Phi) is 6.75. The van der Waals surface area contributed by atoms with E-state index in [1.165, 1.54) is 7.11 Å². The van der Waals surface area contributed by atoms with Crippen LogP contribution >= 0.6 is 23.2 Å². The van der Waals surface area contributed by atoms with Crippen molar-refractivity contribution >= 4 is 35.3 Å². The predicted octanol–water partition coefficient (Wildman–Crippen LogP) is 5.24. The predicted molar refractivity (Wildman–Crippen MR) is 117 cm³/mol. The summed E-state index contributed by atoms with van der Waals surface area (Å²) in [5.41, 5.74) is 6.85. The summed E-state index contributed by atoms with van der Waals surface area (Å²) < 4.78 is 7.31. The molecule has 150 valence electrons. The van der Waals surface area contributed by atoms with E-state index in [1.54, 1.807) is 12.3 Å². The number of nitrogens with zero attached hydrogens (tertiary/aromatic N) is 2. The summed E-state index contributed by atoms with van der Waals surface area (Å²) in [5.74, 6) is -0.346. The van der Waals surface area contributed by atoms with Crippen molar-refractivity contribution in [3.63, 3.8) is 0 Å². The second kappa shape index (κ2) is 9.27. The van der Waals surface area contributed by atoms with Gasteiger partial charge in [-0.05, 0) is 37.6 Å². The van der Waals surface area contributed by atoms with Gasteiger partial charge in [0.2, 0.25) is 0 Å². The van der Waals surface area contributed by atoms with Crippen LogP contribution in [0.4, 0.5) is 0 Å². The van der Waals surface area contributed by atoms with Crippen molar-refractivity contribution in [3.8, 4) is 5.69 Å². The van der Waals surface area contributed by atoms with E-state index < -0.39 is 6.10 Å². The van der Waals surface area contributed by atoms with Crippen molar-refractivity contribution in [2.75, 3.05) is 7.11 Å². The molecule has 1 atom stereocenters. The Morgan fingerprint density at radius 2 is 1.86 bits per heavy atom. The second-order valence-corrected chi connectivity index (χ2v) is 7.28. The molecule has 5 nitrogen and oxygen atoms in total. The maximum absolute atomic E-state index is 12.4. The highest BCUT2D eigenvalue weighted by Crippen LogP contribution is 2.31. The molecular weight excluding hydrogens is 409 g/mol. The number of hydrogen-bond donors (Lipinski definition) is 1. The lowest BCUT2D eigenvalue weighted by atomic mass is 10.1. The van der Waals surface area contributed by atoms with Crippen LogP contribution in [0, 0.1) is 13.8 Å². The smallest absolute Gasteiger partial charge is 0.273 e. The third-order valence-electron chi connectivity index (χ3n) is 4.60. The average molecular weight is 430 g/mol. The SMILES string of the molecule is CO[C@@H](C(=O)N/N=C\c1cc(C)n(-c2cccc(Cl)c2Cl)c1C)c1ccccc1. The Bertz CT molecular complexity index is 1050. The zero-order valence-corrected chi connectivity index (χ0v) is 17.8. The van der Waals surface area contributed by atoms with E-state index in [1.807, 2.05) is 66.9 Å². The van der Waals surface area contributed by atoms with E-state index >= 15 is 0 Å². The average Bonchev–Trinajstić information content (AvgIpc) is 2.99. The molecule has 0 aliphatic carbocycles. The summed E-state index contributed by atoms with van der Waals surface area (Å²) >= 11 is 12.5. The van der Waals surface area contributed by atoms with Crippen LogP contribution in [0.25, 0.3) is 5.69 Å². The molecule has 1 heterocycles. The topological polar surface area (TPSA) is 55.6 Å². The fourth-order valence-electron chi connectivity index (χ4n) is 3.20. The van der Waals surface area contributed by atoms with Crippen LogP contribution in [0.2, 0.25) is 10.0 Å². The van der Waals surface area contributed by atoms with E-state index in [0.717, 1.165) is 28.2 Å². The number of carbonyl (C=O) groups is 1. The van der Waals surface area contributed by atoms with Gasteiger partial charge in [-0.15, -0.1) is 0 Å². The van der Waals surface area contributed by atoms with Gasteiger partial charge < -0.3 is 9.30 Å². The number of ether oxygens (including phenoxy) is 1. The fraction of sp³-hybridized carbons (Fsp3) is 0.182. The molecule has 0 saturated heterocycles. The fourth-order valence-corrected chi connectivity index (χ4v) is 3.58. The number of amides is 1. The van der Waals surface area contributed by atoms with Crippen LogP contribution in [0.15, 0.2) is 59.7 Å². The van der Waals surface area contributed by atoms with Gasteiger partial charge in [0.15, 0.2) is 6.10 Å². The molecule has 1 N–H and O–H groups in total. The van der Waals surface area contributed by atoms with E-state index in [-0.39, 0.29) is 5.91 Å². The van der Waals surface area contributed by atoms with Gasteiger partial charge in [-0.1, -0.05) is 59.6 Å². The van der Waals surface area contributed by atoms with Gasteiger partial charge in [0, 0.05) is 24.1 Å². The van der Waals surface area contributed by atoms with Crippen molar-refractivity contribution in [1.29, 1.82) is 0 Å². The Hall–Kier alpha value is -2.60. The number of rotatable bonds is 6. The first-order valence-corrected chi connectivity index (χ1v) is 9.73. The zero-order valence-electron chi connectivity index (χ0n) is 16.3. The van der Waals surface area contributed by atoms with Crippen molar-refractivity contribution in [1.82, 2.24) is 9.99 Å². The first-order valence-electron chi connectivity index (χ1n) is 8.98. The molecule has 7 heteroatoms. The minimum atomic E-state index is -0.731. The minimum Gasteiger partial charge on any atom is -0.367 e. The number of nitrogens with one attached hydrogen (secondary N) is 1. The molecule has 0 saturated carbocycles. The number of benzene rings is 2. The zero-order chi connectivity index (χ0) is 21.0. The Morgan fingerprint density at radius 3 is 2.55 bits per heavy atom. The lowest BCUT2D eigenvalue weighted by Crippen LogP contribution is -2.26. The molecule has 0 aliphatic heterocycles. The summed E-state index contributed by atoms with van der Waals surface area (Å²) in [4.78, 5) is 12.4. The molecule has 0 radical (unpaired) electrons. The van der Waals surface area contributed by atoms with Crippen LogP contribution < -0.4 is 5.43 Å². The maximum Gasteiger partial charge on any atom is 0.273 e. The molecule has 3 aromatic rings. The molecule has 0 unspecified atom stereocenters. The summed E-state index contributed by atoms with van der Waals surface area (Å²) in [5, 5.41) is 5.08. The first-order chi connectivity index (χ1) is 13.9. The third-order valence-corrected chi connectivity index (χ3v) is 5.41. The number of methoxy groups -OCH3 is 1. The van der Waals surface area contributed by atoms with Crippen LogP contribution in [-0.2, 0) is 9.53 Å². The number of hydrogen-bond acceptors (Lipinski definition) is 3. The molecule has 0 spiro atoms. The van der Waals surface area contributed by atoms with Crippen LogP contribution in [0.5, 0.6) is 0 Å². The lowest BCUT2D eigenvalue weighted by molar-refractivity contribution is -0.131. The van der Waals surface area contributed by atoms with Gasteiger partial charge in [0.25, 0.3) is 5.91 Å². The minimum absolute atomic E-state index is 0.346. The molecular formula is C22H21Cl2N3O2. The lowest BCUT2D eigenvalue weighted by Gasteiger charge is -2.13. The summed E-state index contributed by atoms with van der Waals surface area (Å²) in [6.45, 7) is 3.92. The van der Waals surface area contributed by atoms with Gasteiger partial charge in [0.1, 0.15) is 0 Å². The maximum atomic E-state index is 12.4. The molecule has 3 rings (SSSR count). The van der Waals surface area contributed by atoms with Gasteiger partial charge in [0.05, 0.1) is 21.9 Å². The molecule has 0 aliphatic rings. The van der Waals surface area contributed by atoms with Crippen LogP contribution in [0.3, 0.4) is 0 Å². The number of halogens is 2. The highest BCUT2D eigenvalue weighted by molar-refractivity contribution is 6.43. The van der Waals surface area contributed by atoms with Crippen LogP contribution in [-0.4, -0.2) is 23.8 Å².